The monoisotopic (exact) mass is 288 g/mol. The van der Waals surface area contributed by atoms with Crippen LogP contribution < -0.4 is 10.6 Å². The first-order chi connectivity index (χ1) is 9.99. The number of hydrogen-bond donors (Lipinski definition) is 3. The van der Waals surface area contributed by atoms with Gasteiger partial charge in [0.1, 0.15) is 0 Å². The summed E-state index contributed by atoms with van der Waals surface area (Å²) < 4.78 is 1.72. The molecule has 0 saturated heterocycles. The van der Waals surface area contributed by atoms with E-state index in [1.54, 1.807) is 17.8 Å². The van der Waals surface area contributed by atoms with Gasteiger partial charge in [0, 0.05) is 6.20 Å². The van der Waals surface area contributed by atoms with Gasteiger partial charge in [-0.3, -0.25) is 0 Å². The number of amides is 2. The smallest absolute Gasteiger partial charge is 0.319 e. The van der Waals surface area contributed by atoms with Crippen molar-refractivity contribution < 1.29 is 9.90 Å². The zero-order chi connectivity index (χ0) is 15.4. The van der Waals surface area contributed by atoms with Crippen molar-refractivity contribution in [3.05, 3.63) is 41.7 Å². The second kappa shape index (κ2) is 6.41. The number of aryl methyl sites for hydroxylation is 2. The summed E-state index contributed by atoms with van der Waals surface area (Å²) in [6, 6.07) is 5.10. The van der Waals surface area contributed by atoms with Crippen LogP contribution in [0.5, 0.6) is 0 Å². The number of carbonyl (C=O) groups excluding carboxylic acids is 1. The van der Waals surface area contributed by atoms with Gasteiger partial charge >= 0.3 is 6.03 Å². The third kappa shape index (κ3) is 3.82. The van der Waals surface area contributed by atoms with Crippen molar-refractivity contribution in [3.63, 3.8) is 0 Å². The van der Waals surface area contributed by atoms with Gasteiger partial charge in [-0.2, -0.15) is 5.10 Å². The molecule has 21 heavy (non-hydrogen) atoms. The first-order valence-corrected chi connectivity index (χ1v) is 6.80. The molecule has 0 aliphatic heterocycles. The van der Waals surface area contributed by atoms with Crippen LogP contribution in [0.15, 0.2) is 30.6 Å². The molecule has 1 aromatic carbocycles. The lowest BCUT2D eigenvalue weighted by Crippen LogP contribution is -2.38. The number of hydrogen-bond acceptors (Lipinski definition) is 3. The highest BCUT2D eigenvalue weighted by atomic mass is 16.3. The van der Waals surface area contributed by atoms with Crippen molar-refractivity contribution in [1.29, 1.82) is 0 Å². The fourth-order valence-corrected chi connectivity index (χ4v) is 1.92. The molecule has 1 aromatic heterocycles. The molecule has 1 heterocycles. The molecule has 2 amide bonds. The molecule has 0 aliphatic rings. The number of aliphatic hydroxyl groups is 1. The predicted octanol–water partition coefficient (Wildman–Crippen LogP) is 1.99. The average molecular weight is 288 g/mol. The average Bonchev–Trinajstić information content (AvgIpc) is 2.85. The molecule has 1 atom stereocenters. The molecule has 2 aromatic rings. The minimum atomic E-state index is -0.354. The fourth-order valence-electron chi connectivity index (χ4n) is 1.92. The molecule has 0 radical (unpaired) electrons. The number of benzene rings is 1. The number of urea groups is 1. The maximum absolute atomic E-state index is 11.9. The summed E-state index contributed by atoms with van der Waals surface area (Å²) in [6.07, 6.45) is 3.65. The summed E-state index contributed by atoms with van der Waals surface area (Å²) in [5.41, 5.74) is 3.54. The molecule has 0 saturated carbocycles. The van der Waals surface area contributed by atoms with Crippen molar-refractivity contribution in [2.75, 3.05) is 11.9 Å². The highest BCUT2D eigenvalue weighted by Gasteiger charge is 2.11. The second-order valence-corrected chi connectivity index (χ2v) is 5.16. The van der Waals surface area contributed by atoms with Crippen molar-refractivity contribution in [3.8, 4) is 5.69 Å². The van der Waals surface area contributed by atoms with E-state index in [4.69, 9.17) is 5.11 Å². The Balaban J connectivity index is 2.26. The van der Waals surface area contributed by atoms with Gasteiger partial charge in [-0.25, -0.2) is 9.48 Å². The summed E-state index contributed by atoms with van der Waals surface area (Å²) in [7, 11) is 0. The molecule has 2 rings (SSSR count). The Bertz CT molecular complexity index is 636. The SMILES string of the molecule is Cc1ccc(-n2cc(C)cn2)c(NC(=O)N[C@@H](C)CO)c1. The predicted molar refractivity (Wildman–Crippen MR) is 81.7 cm³/mol. The summed E-state index contributed by atoms with van der Waals surface area (Å²) in [4.78, 5) is 11.9. The van der Waals surface area contributed by atoms with Crippen molar-refractivity contribution in [2.45, 2.75) is 26.8 Å². The van der Waals surface area contributed by atoms with Gasteiger partial charge in [0.25, 0.3) is 0 Å². The van der Waals surface area contributed by atoms with Crippen LogP contribution in [0.4, 0.5) is 10.5 Å². The number of nitrogens with zero attached hydrogens (tertiary/aromatic N) is 2. The Kier molecular flexibility index (Phi) is 4.59. The molecule has 0 fully saturated rings. The minimum absolute atomic E-state index is 0.105. The molecule has 0 spiro atoms. The van der Waals surface area contributed by atoms with Gasteiger partial charge in [0.15, 0.2) is 0 Å². The summed E-state index contributed by atoms with van der Waals surface area (Å²) in [5.74, 6) is 0. The lowest BCUT2D eigenvalue weighted by Gasteiger charge is -2.15. The molecule has 112 valence electrons. The zero-order valence-electron chi connectivity index (χ0n) is 12.4. The van der Waals surface area contributed by atoms with Crippen LogP contribution >= 0.6 is 0 Å². The van der Waals surface area contributed by atoms with Crippen LogP contribution in [0.25, 0.3) is 5.69 Å². The van der Waals surface area contributed by atoms with Crippen LogP contribution in [0, 0.1) is 13.8 Å². The van der Waals surface area contributed by atoms with E-state index in [9.17, 15) is 4.79 Å². The Morgan fingerprint density at radius 3 is 2.76 bits per heavy atom. The molecule has 0 bridgehead atoms. The normalized spacial score (nSPS) is 12.0. The summed E-state index contributed by atoms with van der Waals surface area (Å²) >= 11 is 0. The molecular formula is C15H20N4O2. The van der Waals surface area contributed by atoms with Gasteiger partial charge in [0.05, 0.1) is 30.2 Å². The topological polar surface area (TPSA) is 79.2 Å². The Labute approximate surface area is 123 Å². The molecule has 0 unspecified atom stereocenters. The highest BCUT2D eigenvalue weighted by Crippen LogP contribution is 2.21. The Morgan fingerprint density at radius 1 is 1.38 bits per heavy atom. The van der Waals surface area contributed by atoms with Crippen LogP contribution in [0.1, 0.15) is 18.1 Å². The van der Waals surface area contributed by atoms with Crippen molar-refractivity contribution in [1.82, 2.24) is 15.1 Å². The molecular weight excluding hydrogens is 268 g/mol. The van der Waals surface area contributed by atoms with E-state index in [-0.39, 0.29) is 18.7 Å². The summed E-state index contributed by atoms with van der Waals surface area (Å²) in [6.45, 7) is 5.54. The van der Waals surface area contributed by atoms with E-state index < -0.39 is 0 Å². The van der Waals surface area contributed by atoms with Crippen molar-refractivity contribution in [2.24, 2.45) is 0 Å². The number of anilines is 1. The van der Waals surface area contributed by atoms with E-state index >= 15 is 0 Å². The quantitative estimate of drug-likeness (QED) is 0.805. The van der Waals surface area contributed by atoms with E-state index in [2.05, 4.69) is 15.7 Å². The van der Waals surface area contributed by atoms with Crippen LogP contribution in [0.3, 0.4) is 0 Å². The second-order valence-electron chi connectivity index (χ2n) is 5.16. The van der Waals surface area contributed by atoms with Gasteiger partial charge in [-0.15, -0.1) is 0 Å². The van der Waals surface area contributed by atoms with Crippen LogP contribution in [-0.4, -0.2) is 33.6 Å². The van der Waals surface area contributed by atoms with Gasteiger partial charge in [-0.1, -0.05) is 6.07 Å². The van der Waals surface area contributed by atoms with Gasteiger partial charge < -0.3 is 15.7 Å². The first-order valence-electron chi connectivity index (χ1n) is 6.80. The lowest BCUT2D eigenvalue weighted by atomic mass is 10.2. The van der Waals surface area contributed by atoms with Crippen molar-refractivity contribution >= 4 is 11.7 Å². The standard InChI is InChI=1S/C15H20N4O2/c1-10-4-5-14(19-8-11(2)7-16-19)13(6-10)18-15(21)17-12(3)9-20/h4-8,12,20H,9H2,1-3H3,(H2,17,18,21)/t12-/m0/s1. The highest BCUT2D eigenvalue weighted by molar-refractivity contribution is 5.91. The maximum Gasteiger partial charge on any atom is 0.319 e. The molecule has 0 aliphatic carbocycles. The van der Waals surface area contributed by atoms with Crippen LogP contribution in [-0.2, 0) is 0 Å². The first kappa shape index (κ1) is 15.1. The number of aromatic nitrogens is 2. The maximum atomic E-state index is 11.9. The lowest BCUT2D eigenvalue weighted by molar-refractivity contribution is 0.229. The molecule has 6 heteroatoms. The van der Waals surface area contributed by atoms with E-state index in [0.717, 1.165) is 16.8 Å². The van der Waals surface area contributed by atoms with Crippen LogP contribution in [0.2, 0.25) is 0 Å². The number of nitrogens with one attached hydrogen (secondary N) is 2. The largest absolute Gasteiger partial charge is 0.394 e. The molecule has 6 nitrogen and oxygen atoms in total. The van der Waals surface area contributed by atoms with E-state index in [0.29, 0.717) is 5.69 Å². The Hall–Kier alpha value is -2.34. The van der Waals surface area contributed by atoms with E-state index in [1.165, 1.54) is 0 Å². The Morgan fingerprint density at radius 2 is 2.14 bits per heavy atom. The number of aliphatic hydroxyl groups excluding tert-OH is 1. The third-order valence-electron chi connectivity index (χ3n) is 3.01. The molecule has 3 N–H and O–H groups in total. The number of carbonyl (C=O) groups is 1. The van der Waals surface area contributed by atoms with Gasteiger partial charge in [-0.05, 0) is 44.0 Å². The summed E-state index contributed by atoms with van der Waals surface area (Å²) in [5, 5.41) is 18.7. The van der Waals surface area contributed by atoms with Gasteiger partial charge in [0.2, 0.25) is 0 Å². The fraction of sp³-hybridized carbons (Fsp3) is 0.333. The zero-order valence-corrected chi connectivity index (χ0v) is 12.4. The number of rotatable bonds is 4. The third-order valence-corrected chi connectivity index (χ3v) is 3.01. The van der Waals surface area contributed by atoms with E-state index in [1.807, 2.05) is 38.2 Å². The minimum Gasteiger partial charge on any atom is -0.394 e.